The highest BCUT2D eigenvalue weighted by Gasteiger charge is 2.58. The summed E-state index contributed by atoms with van der Waals surface area (Å²) in [6.07, 6.45) is -1.70. The lowest BCUT2D eigenvalue weighted by atomic mass is 10.1. The number of ether oxygens (including phenoxy) is 5. The zero-order valence-electron chi connectivity index (χ0n) is 17.2. The van der Waals surface area contributed by atoms with Gasteiger partial charge in [-0.15, -0.1) is 0 Å². The van der Waals surface area contributed by atoms with E-state index in [0.29, 0.717) is 19.8 Å². The number of epoxide rings is 1. The lowest BCUT2D eigenvalue weighted by Gasteiger charge is -2.35. The SMILES string of the molecule is c1ccc(COC2OC3OC3C(OCc3ccccc3)C2OCc2ccccc2)cc1. The standard InChI is InChI=1S/C26H26O5/c1-4-10-19(11-5-1)16-27-22-23(28-17-20-12-6-2-7-13-20)25(31-26-24(22)30-26)29-18-21-14-8-3-9-15-21/h1-15,22-26H,16-18H2. The topological polar surface area (TPSA) is 49.5 Å². The van der Waals surface area contributed by atoms with Crippen LogP contribution in [0.1, 0.15) is 16.7 Å². The molecule has 2 fully saturated rings. The average Bonchev–Trinajstić information content (AvgIpc) is 3.61. The van der Waals surface area contributed by atoms with Gasteiger partial charge in [0.25, 0.3) is 0 Å². The molecule has 0 aliphatic carbocycles. The summed E-state index contributed by atoms with van der Waals surface area (Å²) in [4.78, 5) is 0. The monoisotopic (exact) mass is 418 g/mol. The minimum absolute atomic E-state index is 0.138. The molecule has 5 nitrogen and oxygen atoms in total. The predicted octanol–water partition coefficient (Wildman–Crippen LogP) is 4.46. The summed E-state index contributed by atoms with van der Waals surface area (Å²) in [7, 11) is 0. The normalized spacial score (nSPS) is 26.9. The van der Waals surface area contributed by atoms with Gasteiger partial charge in [0.2, 0.25) is 0 Å². The van der Waals surface area contributed by atoms with Gasteiger partial charge >= 0.3 is 0 Å². The van der Waals surface area contributed by atoms with E-state index in [1.54, 1.807) is 0 Å². The molecule has 3 aromatic rings. The molecule has 0 amide bonds. The van der Waals surface area contributed by atoms with Crippen molar-refractivity contribution in [2.75, 3.05) is 0 Å². The Hall–Kier alpha value is -2.54. The molecule has 5 unspecified atom stereocenters. The molecule has 2 saturated heterocycles. The molecule has 5 atom stereocenters. The highest BCUT2D eigenvalue weighted by molar-refractivity contribution is 5.15. The van der Waals surface area contributed by atoms with Crippen molar-refractivity contribution in [1.29, 1.82) is 0 Å². The van der Waals surface area contributed by atoms with Crippen LogP contribution in [0.15, 0.2) is 91.0 Å². The molecule has 0 bridgehead atoms. The van der Waals surface area contributed by atoms with Crippen LogP contribution in [0.2, 0.25) is 0 Å². The highest BCUT2D eigenvalue weighted by atomic mass is 16.8. The quantitative estimate of drug-likeness (QED) is 0.481. The van der Waals surface area contributed by atoms with Crippen molar-refractivity contribution >= 4 is 0 Å². The molecule has 2 aliphatic heterocycles. The van der Waals surface area contributed by atoms with Crippen LogP contribution in [0.3, 0.4) is 0 Å². The summed E-state index contributed by atoms with van der Waals surface area (Å²) in [5.41, 5.74) is 3.27. The Bertz CT molecular complexity index is 934. The van der Waals surface area contributed by atoms with Crippen molar-refractivity contribution in [3.8, 4) is 0 Å². The Kier molecular flexibility index (Phi) is 6.39. The van der Waals surface area contributed by atoms with Crippen molar-refractivity contribution in [2.45, 2.75) is 50.7 Å². The van der Waals surface area contributed by atoms with Gasteiger partial charge in [0.1, 0.15) is 18.3 Å². The van der Waals surface area contributed by atoms with E-state index in [2.05, 4.69) is 0 Å². The lowest BCUT2D eigenvalue weighted by molar-refractivity contribution is -0.269. The molecular formula is C26H26O5. The number of rotatable bonds is 9. The first-order valence-electron chi connectivity index (χ1n) is 10.6. The third-order valence-corrected chi connectivity index (χ3v) is 5.49. The van der Waals surface area contributed by atoms with Crippen LogP contribution in [-0.4, -0.2) is 30.9 Å². The van der Waals surface area contributed by atoms with Crippen molar-refractivity contribution in [2.24, 2.45) is 0 Å². The molecule has 0 spiro atoms. The summed E-state index contributed by atoms with van der Waals surface area (Å²) in [5.74, 6) is 0. The zero-order valence-corrected chi connectivity index (χ0v) is 17.2. The van der Waals surface area contributed by atoms with E-state index in [-0.39, 0.29) is 18.5 Å². The van der Waals surface area contributed by atoms with Crippen molar-refractivity contribution < 1.29 is 23.7 Å². The second-order valence-corrected chi connectivity index (χ2v) is 7.79. The Balaban J connectivity index is 1.30. The molecule has 0 aromatic heterocycles. The van der Waals surface area contributed by atoms with Gasteiger partial charge in [-0.25, -0.2) is 0 Å². The molecule has 2 heterocycles. The molecule has 160 valence electrons. The largest absolute Gasteiger partial charge is 0.368 e. The maximum atomic E-state index is 6.31. The maximum absolute atomic E-state index is 6.31. The molecule has 0 radical (unpaired) electrons. The lowest BCUT2D eigenvalue weighted by Crippen LogP contribution is -2.51. The predicted molar refractivity (Wildman–Crippen MR) is 115 cm³/mol. The first kappa shape index (κ1) is 20.4. The van der Waals surface area contributed by atoms with Gasteiger partial charge in [0.05, 0.1) is 19.8 Å². The second-order valence-electron chi connectivity index (χ2n) is 7.79. The fourth-order valence-corrected chi connectivity index (χ4v) is 3.79. The van der Waals surface area contributed by atoms with E-state index in [1.807, 2.05) is 91.0 Å². The minimum atomic E-state index is -0.576. The smallest absolute Gasteiger partial charge is 0.190 e. The summed E-state index contributed by atoms with van der Waals surface area (Å²) < 4.78 is 30.5. The van der Waals surface area contributed by atoms with Gasteiger partial charge in [-0.1, -0.05) is 91.0 Å². The third-order valence-electron chi connectivity index (χ3n) is 5.49. The van der Waals surface area contributed by atoms with Gasteiger partial charge in [0.15, 0.2) is 12.6 Å². The van der Waals surface area contributed by atoms with Crippen LogP contribution >= 0.6 is 0 Å². The van der Waals surface area contributed by atoms with Crippen molar-refractivity contribution in [3.63, 3.8) is 0 Å². The Morgan fingerprint density at radius 3 is 1.48 bits per heavy atom. The zero-order chi connectivity index (χ0) is 20.9. The van der Waals surface area contributed by atoms with E-state index >= 15 is 0 Å². The van der Waals surface area contributed by atoms with Crippen molar-refractivity contribution in [1.82, 2.24) is 0 Å². The van der Waals surface area contributed by atoms with E-state index in [9.17, 15) is 0 Å². The highest BCUT2D eigenvalue weighted by Crippen LogP contribution is 2.40. The minimum Gasteiger partial charge on any atom is -0.368 e. The second kappa shape index (κ2) is 9.73. The van der Waals surface area contributed by atoms with Crippen LogP contribution in [-0.2, 0) is 43.5 Å². The van der Waals surface area contributed by atoms with E-state index < -0.39 is 12.4 Å². The van der Waals surface area contributed by atoms with Gasteiger partial charge in [-0.3, -0.25) is 0 Å². The van der Waals surface area contributed by atoms with E-state index in [4.69, 9.17) is 23.7 Å². The summed E-state index contributed by atoms with van der Waals surface area (Å²) >= 11 is 0. The molecule has 5 rings (SSSR count). The molecule has 0 N–H and O–H groups in total. The number of hydrogen-bond acceptors (Lipinski definition) is 5. The van der Waals surface area contributed by atoms with Gasteiger partial charge < -0.3 is 23.7 Å². The molecule has 31 heavy (non-hydrogen) atoms. The Labute approximate surface area is 182 Å². The molecule has 5 heteroatoms. The summed E-state index contributed by atoms with van der Waals surface area (Å²) in [5, 5.41) is 0. The van der Waals surface area contributed by atoms with Gasteiger partial charge in [-0.2, -0.15) is 0 Å². The maximum Gasteiger partial charge on any atom is 0.190 e. The first-order valence-corrected chi connectivity index (χ1v) is 10.6. The van der Waals surface area contributed by atoms with Crippen LogP contribution in [0.25, 0.3) is 0 Å². The Morgan fingerprint density at radius 1 is 0.516 bits per heavy atom. The van der Waals surface area contributed by atoms with Crippen LogP contribution in [0, 0.1) is 0 Å². The van der Waals surface area contributed by atoms with Crippen LogP contribution in [0.5, 0.6) is 0 Å². The van der Waals surface area contributed by atoms with E-state index in [1.165, 1.54) is 0 Å². The van der Waals surface area contributed by atoms with Crippen molar-refractivity contribution in [3.05, 3.63) is 108 Å². The average molecular weight is 418 g/mol. The van der Waals surface area contributed by atoms with Crippen LogP contribution in [0.4, 0.5) is 0 Å². The molecule has 3 aromatic carbocycles. The van der Waals surface area contributed by atoms with Gasteiger partial charge in [-0.05, 0) is 16.7 Å². The Morgan fingerprint density at radius 2 is 0.968 bits per heavy atom. The number of benzene rings is 3. The first-order chi connectivity index (χ1) is 15.4. The summed E-state index contributed by atoms with van der Waals surface area (Å²) in [6, 6.07) is 30.2. The summed E-state index contributed by atoms with van der Waals surface area (Å²) in [6.45, 7) is 1.36. The van der Waals surface area contributed by atoms with Gasteiger partial charge in [0, 0.05) is 0 Å². The molecule has 0 saturated carbocycles. The number of fused-ring (bicyclic) bond motifs is 1. The number of hydrogen-bond donors (Lipinski definition) is 0. The molecule has 2 aliphatic rings. The molecular weight excluding hydrogens is 392 g/mol. The van der Waals surface area contributed by atoms with Crippen LogP contribution < -0.4 is 0 Å². The third kappa shape index (κ3) is 5.21. The fraction of sp³-hybridized carbons (Fsp3) is 0.308. The fourth-order valence-electron chi connectivity index (χ4n) is 3.79. The van der Waals surface area contributed by atoms with E-state index in [0.717, 1.165) is 16.7 Å².